The molecule has 0 radical (unpaired) electrons. The molecule has 0 amide bonds. The Bertz CT molecular complexity index is 1130. The van der Waals surface area contributed by atoms with Crippen LogP contribution in [-0.4, -0.2) is 67.7 Å². The van der Waals surface area contributed by atoms with Gasteiger partial charge in [0.1, 0.15) is 0 Å². The minimum atomic E-state index is -1.75. The average Bonchev–Trinajstić information content (AvgIpc) is 2.89. The van der Waals surface area contributed by atoms with Crippen molar-refractivity contribution in [2.45, 2.75) is 25.9 Å². The smallest absolute Gasteiger partial charge is 0.872 e. The number of benzene rings is 1. The van der Waals surface area contributed by atoms with Crippen molar-refractivity contribution in [1.82, 2.24) is 19.8 Å². The van der Waals surface area contributed by atoms with Crippen molar-refractivity contribution in [2.75, 3.05) is 27.2 Å². The van der Waals surface area contributed by atoms with Crippen LogP contribution in [0.3, 0.4) is 0 Å². The molecule has 18 nitrogen and oxygen atoms in total. The maximum Gasteiger partial charge on any atom is 2.00 e. The van der Waals surface area contributed by atoms with Crippen LogP contribution in [0.1, 0.15) is 22.5 Å². The van der Waals surface area contributed by atoms with Crippen LogP contribution < -0.4 is 5.11 Å². The minimum Gasteiger partial charge on any atom is -0.872 e. The van der Waals surface area contributed by atoms with Crippen LogP contribution in [0.5, 0.6) is 5.75 Å². The second kappa shape index (κ2) is 27.6. The number of halogens is 1. The van der Waals surface area contributed by atoms with E-state index in [1.54, 1.807) is 24.5 Å². The van der Waals surface area contributed by atoms with E-state index in [9.17, 15) is 5.11 Å². The van der Waals surface area contributed by atoms with Crippen molar-refractivity contribution in [1.29, 1.82) is 0 Å². The standard InChI is InChI=1S/C24H29ClN4O.3NO3.2Ni.H2O/c1-28(13-9-22-7-3-5-11-26-22)17-19-15-21(25)16-20(24(19)30)18-29(2)14-10-23-8-4-6-12-27-23;3*2-1(3)4;;;/h3-8,11-12,15-16,30H,9-10,13-14,17-18H2,1-2H3;;;;;;1H2/q;3*-1;2*+2;/p-1. The van der Waals surface area contributed by atoms with E-state index in [0.717, 1.165) is 48.4 Å². The van der Waals surface area contributed by atoms with Crippen molar-refractivity contribution in [3.8, 4) is 5.75 Å². The number of likely N-dealkylation sites (N-methyl/N-ethyl adjacent to an activating group) is 2. The van der Waals surface area contributed by atoms with E-state index in [-0.39, 0.29) is 44.2 Å². The summed E-state index contributed by atoms with van der Waals surface area (Å²) in [7, 11) is 4.03. The van der Waals surface area contributed by atoms with Gasteiger partial charge in [-0.3, -0.25) is 9.97 Å². The van der Waals surface area contributed by atoms with Gasteiger partial charge in [-0.05, 0) is 61.6 Å². The maximum absolute atomic E-state index is 13.0. The van der Waals surface area contributed by atoms with E-state index in [4.69, 9.17) is 57.6 Å². The van der Waals surface area contributed by atoms with Gasteiger partial charge in [-0.1, -0.05) is 29.5 Å². The largest absolute Gasteiger partial charge is 2.00 e. The summed E-state index contributed by atoms with van der Waals surface area (Å²) in [5, 5.41) is 57.9. The molecule has 0 aliphatic rings. The first-order valence-corrected chi connectivity index (χ1v) is 12.2. The van der Waals surface area contributed by atoms with Crippen molar-refractivity contribution in [2.24, 2.45) is 0 Å². The fourth-order valence-corrected chi connectivity index (χ4v) is 3.65. The molecule has 2 heterocycles. The van der Waals surface area contributed by atoms with Gasteiger partial charge in [0.05, 0.1) is 15.3 Å². The molecule has 0 aliphatic heterocycles. The molecule has 3 rings (SSSR count). The van der Waals surface area contributed by atoms with Gasteiger partial charge in [0.15, 0.2) is 0 Å². The van der Waals surface area contributed by atoms with Crippen LogP contribution in [0.2, 0.25) is 5.02 Å². The molecule has 0 saturated carbocycles. The Morgan fingerprint density at radius 1 is 0.689 bits per heavy atom. The van der Waals surface area contributed by atoms with Gasteiger partial charge in [0.2, 0.25) is 0 Å². The Balaban J connectivity index is -0.000000482. The molecule has 0 bridgehead atoms. The van der Waals surface area contributed by atoms with Gasteiger partial charge in [0, 0.05) is 67.8 Å². The first-order valence-electron chi connectivity index (χ1n) is 11.8. The minimum absolute atomic E-state index is 0. The fraction of sp³-hybridized carbons (Fsp3) is 0.333. The number of rotatable bonds is 10. The summed E-state index contributed by atoms with van der Waals surface area (Å²) in [6.07, 6.45) is 5.29. The third-order valence-electron chi connectivity index (χ3n) is 5.04. The molecule has 2 N–H and O–H groups in total. The van der Waals surface area contributed by atoms with Crippen LogP contribution in [-0.2, 0) is 58.9 Å². The number of pyridine rings is 2. The Hall–Kier alpha value is -3.92. The number of nitrogens with zero attached hydrogens (tertiary/aromatic N) is 7. The van der Waals surface area contributed by atoms with Crippen LogP contribution >= 0.6 is 11.6 Å². The Labute approximate surface area is 282 Å². The molecule has 45 heavy (non-hydrogen) atoms. The van der Waals surface area contributed by atoms with E-state index in [0.29, 0.717) is 18.1 Å². The number of hydrogen-bond acceptors (Lipinski definition) is 14. The number of aromatic nitrogens is 2. The summed E-state index contributed by atoms with van der Waals surface area (Å²) < 4.78 is 0. The summed E-state index contributed by atoms with van der Waals surface area (Å²) in [5.41, 5.74) is 3.57. The van der Waals surface area contributed by atoms with Crippen LogP contribution in [0, 0.1) is 46.0 Å². The molecule has 2 aromatic heterocycles. The van der Waals surface area contributed by atoms with Gasteiger partial charge in [-0.15, -0.1) is 0 Å². The van der Waals surface area contributed by atoms with Crippen LogP contribution in [0.4, 0.5) is 0 Å². The molecular weight excluding hydrogens is 715 g/mol. The molecular formula is C24H30ClN7Ni2O11. The van der Waals surface area contributed by atoms with Crippen molar-refractivity contribution in [3.63, 3.8) is 0 Å². The normalized spacial score (nSPS) is 9.18. The van der Waals surface area contributed by atoms with Gasteiger partial charge < -0.3 is 66.3 Å². The SMILES string of the molecule is CN(CCc1ccccn1)Cc1cc(Cl)cc(CN(C)CCc2ccccn2)c1[O-].O.O=[N+]([O-])[O-].O=[N+]([O-])[O-].O=[N+]([O-])[O-].[Ni+2].[Ni+2]. The first kappa shape index (κ1) is 48.0. The van der Waals surface area contributed by atoms with Crippen molar-refractivity contribution in [3.05, 3.63) is 134 Å². The summed E-state index contributed by atoms with van der Waals surface area (Å²) in [6.45, 7) is 2.78. The predicted molar refractivity (Wildman–Crippen MR) is 154 cm³/mol. The molecule has 0 aliphatic carbocycles. The van der Waals surface area contributed by atoms with E-state index < -0.39 is 15.3 Å². The molecule has 0 saturated heterocycles. The van der Waals surface area contributed by atoms with E-state index in [2.05, 4.69) is 19.8 Å². The topological polar surface area (TPSA) is 285 Å². The first-order chi connectivity index (χ1) is 19.7. The molecule has 0 spiro atoms. The third-order valence-corrected chi connectivity index (χ3v) is 5.26. The van der Waals surface area contributed by atoms with Gasteiger partial charge in [-0.2, -0.15) is 0 Å². The van der Waals surface area contributed by atoms with Gasteiger partial charge in [-0.25, -0.2) is 0 Å². The van der Waals surface area contributed by atoms with Gasteiger partial charge in [0.25, 0.3) is 0 Å². The maximum atomic E-state index is 13.0. The van der Waals surface area contributed by atoms with Crippen molar-refractivity contribution >= 4 is 11.6 Å². The Morgan fingerprint density at radius 2 is 1.00 bits per heavy atom. The monoisotopic (exact) mass is 743 g/mol. The van der Waals surface area contributed by atoms with Crippen LogP contribution in [0.15, 0.2) is 60.9 Å². The summed E-state index contributed by atoms with van der Waals surface area (Å²) in [5.74, 6) is 0.0776. The quantitative estimate of drug-likeness (QED) is 0.163. The number of hydrogen-bond donors (Lipinski definition) is 0. The van der Waals surface area contributed by atoms with E-state index in [1.165, 1.54) is 0 Å². The van der Waals surface area contributed by atoms with Crippen molar-refractivity contribution < 1.29 is 58.8 Å². The fourth-order valence-electron chi connectivity index (χ4n) is 3.39. The molecule has 0 unspecified atom stereocenters. The third kappa shape index (κ3) is 27.4. The molecule has 21 heteroatoms. The molecule has 0 fully saturated rings. The summed E-state index contributed by atoms with van der Waals surface area (Å²) in [4.78, 5) is 37.7. The zero-order chi connectivity index (χ0) is 32.1. The van der Waals surface area contributed by atoms with E-state index >= 15 is 0 Å². The zero-order valence-electron chi connectivity index (χ0n) is 23.7. The Kier molecular flexibility index (Phi) is 29.5. The molecule has 1 aromatic carbocycles. The van der Waals surface area contributed by atoms with Gasteiger partial charge >= 0.3 is 33.0 Å². The second-order valence-electron chi connectivity index (χ2n) is 8.34. The summed E-state index contributed by atoms with van der Waals surface area (Å²) >= 11 is 6.34. The van der Waals surface area contributed by atoms with E-state index in [1.807, 2.05) is 50.5 Å². The predicted octanol–water partition coefficient (Wildman–Crippen LogP) is 2.01. The Morgan fingerprint density at radius 3 is 1.27 bits per heavy atom. The summed E-state index contributed by atoms with van der Waals surface area (Å²) in [6, 6.07) is 15.4. The second-order valence-corrected chi connectivity index (χ2v) is 8.78. The molecule has 0 atom stereocenters. The average molecular weight is 745 g/mol. The zero-order valence-corrected chi connectivity index (χ0v) is 26.5. The van der Waals surface area contributed by atoms with Crippen LogP contribution in [0.25, 0.3) is 0 Å². The molecule has 3 aromatic rings. The molecule has 254 valence electrons.